The van der Waals surface area contributed by atoms with Gasteiger partial charge in [0.1, 0.15) is 0 Å². The van der Waals surface area contributed by atoms with Crippen LogP contribution in [0, 0.1) is 13.8 Å². The first-order valence-corrected chi connectivity index (χ1v) is 2.49. The zero-order chi connectivity index (χ0) is 9.35. The minimum Gasteiger partial charge on any atom is -0.0591 e. The van der Waals surface area contributed by atoms with Crippen molar-refractivity contribution in [2.45, 2.75) is 13.8 Å². The van der Waals surface area contributed by atoms with Gasteiger partial charge in [-0.2, -0.15) is 0 Å². The van der Waals surface area contributed by atoms with Crippen molar-refractivity contribution in [2.24, 2.45) is 0 Å². The second-order valence-electron chi connectivity index (χ2n) is 1.78. The molecule has 0 aliphatic rings. The van der Waals surface area contributed by atoms with Gasteiger partial charge in [-0.25, -0.2) is 0 Å². The Kier molecular flexibility index (Phi) is 0.553. The molecular formula is C8H10. The number of benzene rings is 1. The van der Waals surface area contributed by atoms with Crippen LogP contribution in [0.4, 0.5) is 0 Å². The Balaban J connectivity index is 3.19. The quantitative estimate of drug-likeness (QED) is 0.480. The van der Waals surface area contributed by atoms with Crippen LogP contribution in [0.25, 0.3) is 0 Å². The van der Waals surface area contributed by atoms with Crippen molar-refractivity contribution in [2.75, 3.05) is 0 Å². The molecule has 0 saturated heterocycles. The van der Waals surface area contributed by atoms with Crippen molar-refractivity contribution in [1.29, 1.82) is 0 Å². The monoisotopic (exact) mass is 110 g/mol. The summed E-state index contributed by atoms with van der Waals surface area (Å²) in [7, 11) is 0. The molecule has 0 aromatic heterocycles. The number of aryl methyl sites for hydroxylation is 2. The van der Waals surface area contributed by atoms with Crippen LogP contribution in [0.5, 0.6) is 0 Å². The molecule has 42 valence electrons. The highest BCUT2D eigenvalue weighted by Gasteiger charge is 1.79. The number of hydrogen-bond donors (Lipinski definition) is 0. The van der Waals surface area contributed by atoms with Crippen LogP contribution >= 0.6 is 0 Å². The molecule has 1 aromatic carbocycles. The van der Waals surface area contributed by atoms with Crippen LogP contribution in [0.2, 0.25) is 0 Å². The maximum absolute atomic E-state index is 7.41. The highest BCUT2D eigenvalue weighted by molar-refractivity contribution is 5.19. The molecule has 0 amide bonds. The van der Waals surface area contributed by atoms with Gasteiger partial charge in [0.2, 0.25) is 0 Å². The fourth-order valence-electron chi connectivity index (χ4n) is 0.503. The van der Waals surface area contributed by atoms with Crippen LogP contribution in [0.3, 0.4) is 0 Å². The molecule has 0 heterocycles. The highest BCUT2D eigenvalue weighted by Crippen LogP contribution is 1.99. The van der Waals surface area contributed by atoms with E-state index in [1.54, 1.807) is 12.1 Å². The molecule has 8 heavy (non-hydrogen) atoms. The van der Waals surface area contributed by atoms with E-state index >= 15 is 0 Å². The van der Waals surface area contributed by atoms with Gasteiger partial charge in [-0.1, -0.05) is 35.4 Å². The van der Waals surface area contributed by atoms with E-state index in [4.69, 9.17) is 5.48 Å². The zero-order valence-corrected chi connectivity index (χ0v) is 4.73. The molecule has 0 N–H and O–H groups in total. The lowest BCUT2D eigenvalue weighted by Gasteiger charge is -1.90. The van der Waals surface area contributed by atoms with Gasteiger partial charge < -0.3 is 0 Å². The molecule has 0 fully saturated rings. The summed E-state index contributed by atoms with van der Waals surface area (Å²) in [6, 6.07) is 4.85. The van der Waals surface area contributed by atoms with E-state index in [1.165, 1.54) is 6.07 Å². The van der Waals surface area contributed by atoms with Crippen LogP contribution in [0.15, 0.2) is 24.2 Å². The van der Waals surface area contributed by atoms with E-state index in [9.17, 15) is 0 Å². The van der Waals surface area contributed by atoms with Crippen LogP contribution in [-0.4, -0.2) is 0 Å². The number of hydrogen-bond acceptors (Lipinski definition) is 0. The second kappa shape index (κ2) is 1.99. The lowest BCUT2D eigenvalue weighted by Crippen LogP contribution is -1.70. The summed E-state index contributed by atoms with van der Waals surface area (Å²) in [5, 5.41) is 0. The Bertz CT molecular complexity index is 288. The first-order valence-electron chi connectivity index (χ1n) is 4.49. The van der Waals surface area contributed by atoms with Crippen LogP contribution in [0.1, 0.15) is 16.6 Å². The first-order chi connectivity index (χ1) is 5.41. The Hall–Kier alpha value is -0.780. The van der Waals surface area contributed by atoms with E-state index in [2.05, 4.69) is 0 Å². The standard InChI is InChI=1S/C8H10/c1-7-3-5-8(2)6-4-7/h3-6H,1-2H3/i1D3,3D. The third kappa shape index (κ3) is 1.09. The van der Waals surface area contributed by atoms with E-state index in [0.29, 0.717) is 0 Å². The van der Waals surface area contributed by atoms with E-state index in [0.717, 1.165) is 5.56 Å². The SMILES string of the molecule is [2H]c1cc(C)ccc1C([2H])([2H])[2H]. The maximum atomic E-state index is 7.41. The van der Waals surface area contributed by atoms with Crippen molar-refractivity contribution in [3.63, 3.8) is 0 Å². The molecule has 0 atom stereocenters. The summed E-state index contributed by atoms with van der Waals surface area (Å²) in [6.45, 7) is -0.327. The largest absolute Gasteiger partial charge is 0.0626 e. The lowest BCUT2D eigenvalue weighted by molar-refractivity contribution is 1.40. The van der Waals surface area contributed by atoms with Crippen LogP contribution in [-0.2, 0) is 0 Å². The van der Waals surface area contributed by atoms with Gasteiger partial charge in [0.15, 0.2) is 0 Å². The summed E-state index contributed by atoms with van der Waals surface area (Å²) in [5.74, 6) is 0. The van der Waals surface area contributed by atoms with E-state index in [-0.39, 0.29) is 11.6 Å². The second-order valence-corrected chi connectivity index (χ2v) is 1.78. The predicted molar refractivity (Wildman–Crippen MR) is 35.9 cm³/mol. The third-order valence-corrected chi connectivity index (χ3v) is 0.968. The average molecular weight is 110 g/mol. The van der Waals surface area contributed by atoms with Gasteiger partial charge in [0.25, 0.3) is 0 Å². The molecule has 1 rings (SSSR count). The molecule has 0 nitrogen and oxygen atoms in total. The van der Waals surface area contributed by atoms with Crippen molar-refractivity contribution < 1.29 is 5.48 Å². The minimum absolute atomic E-state index is 0.0926. The molecule has 0 heteroatoms. The van der Waals surface area contributed by atoms with Gasteiger partial charge in [-0.3, -0.25) is 0 Å². The minimum atomic E-state index is -2.16. The first kappa shape index (κ1) is 2.22. The zero-order valence-electron chi connectivity index (χ0n) is 8.73. The highest BCUT2D eigenvalue weighted by atomic mass is 13.9. The topological polar surface area (TPSA) is 0 Å². The van der Waals surface area contributed by atoms with Gasteiger partial charge >= 0.3 is 0 Å². The van der Waals surface area contributed by atoms with Gasteiger partial charge in [-0.05, 0) is 13.8 Å². The Morgan fingerprint density at radius 3 is 2.75 bits per heavy atom. The lowest BCUT2D eigenvalue weighted by atomic mass is 10.2. The van der Waals surface area contributed by atoms with Gasteiger partial charge in [0.05, 0.1) is 1.37 Å². The fraction of sp³-hybridized carbons (Fsp3) is 0.250. The van der Waals surface area contributed by atoms with E-state index < -0.39 is 6.85 Å². The summed E-state index contributed by atoms with van der Waals surface area (Å²) in [4.78, 5) is 0. The van der Waals surface area contributed by atoms with Gasteiger partial charge in [0, 0.05) is 4.11 Å². The normalized spacial score (nSPS) is 18.1. The van der Waals surface area contributed by atoms with Crippen molar-refractivity contribution in [3.8, 4) is 0 Å². The van der Waals surface area contributed by atoms with Crippen molar-refractivity contribution in [3.05, 3.63) is 35.4 Å². The third-order valence-electron chi connectivity index (χ3n) is 0.968. The van der Waals surface area contributed by atoms with Crippen molar-refractivity contribution >= 4 is 0 Å². The summed E-state index contributed by atoms with van der Waals surface area (Å²) < 4.78 is 28.7. The molecule has 0 unspecified atom stereocenters. The molecule has 0 saturated carbocycles. The van der Waals surface area contributed by atoms with Gasteiger partial charge in [-0.15, -0.1) is 0 Å². The molecule has 1 aromatic rings. The molecular weight excluding hydrogens is 96.1 g/mol. The molecule has 0 aliphatic heterocycles. The molecule has 0 bridgehead atoms. The van der Waals surface area contributed by atoms with Crippen LogP contribution < -0.4 is 0 Å². The van der Waals surface area contributed by atoms with Crippen molar-refractivity contribution in [1.82, 2.24) is 0 Å². The van der Waals surface area contributed by atoms with E-state index in [1.807, 2.05) is 6.92 Å². The smallest absolute Gasteiger partial charge is 0.0591 e. The summed E-state index contributed by atoms with van der Waals surface area (Å²) in [5.41, 5.74) is 1.03. The fourth-order valence-corrected chi connectivity index (χ4v) is 0.503. The molecule has 0 spiro atoms. The average Bonchev–Trinajstić information content (AvgIpc) is 1.83. The Morgan fingerprint density at radius 1 is 1.38 bits per heavy atom. The Labute approximate surface area is 55.8 Å². The Morgan fingerprint density at radius 2 is 2.12 bits per heavy atom. The number of rotatable bonds is 0. The maximum Gasteiger partial charge on any atom is 0.0626 e. The summed E-state index contributed by atoms with van der Waals surface area (Å²) in [6.07, 6.45) is 0. The molecule has 0 aliphatic carbocycles. The molecule has 0 radical (unpaired) electrons. The predicted octanol–water partition coefficient (Wildman–Crippen LogP) is 2.30. The summed E-state index contributed by atoms with van der Waals surface area (Å²) >= 11 is 0.